The highest BCUT2D eigenvalue weighted by molar-refractivity contribution is 5.86. The second-order valence-electron chi connectivity index (χ2n) is 10.2. The van der Waals surface area contributed by atoms with E-state index in [2.05, 4.69) is 25.5 Å². The fourth-order valence-corrected chi connectivity index (χ4v) is 4.70. The number of piperidine rings is 1. The number of carbonyl (C=O) groups is 2. The van der Waals surface area contributed by atoms with Crippen LogP contribution in [0.1, 0.15) is 76.1 Å². The number of rotatable bonds is 4. The van der Waals surface area contributed by atoms with E-state index in [9.17, 15) is 9.59 Å². The minimum atomic E-state index is -0.604. The number of amides is 2. The number of hydrogen-bond donors (Lipinski definition) is 2. The number of hydrogen-bond acceptors (Lipinski definition) is 7. The Labute approximate surface area is 200 Å². The van der Waals surface area contributed by atoms with E-state index in [4.69, 9.17) is 4.74 Å². The van der Waals surface area contributed by atoms with Gasteiger partial charge in [-0.1, -0.05) is 0 Å². The largest absolute Gasteiger partial charge is 0.444 e. The Bertz CT molecular complexity index is 1050. The lowest BCUT2D eigenvalue weighted by molar-refractivity contribution is -0.139. The molecule has 4 heterocycles. The smallest absolute Gasteiger partial charge is 0.410 e. The van der Waals surface area contributed by atoms with Gasteiger partial charge in [-0.05, 0) is 66.7 Å². The first kappa shape index (κ1) is 24.0. The van der Waals surface area contributed by atoms with Gasteiger partial charge in [0.1, 0.15) is 23.3 Å². The maximum absolute atomic E-state index is 13.7. The number of H-pyrrole nitrogens is 1. The van der Waals surface area contributed by atoms with Crippen molar-refractivity contribution in [1.82, 2.24) is 30.0 Å². The van der Waals surface area contributed by atoms with Crippen LogP contribution in [0.3, 0.4) is 0 Å². The Balaban J connectivity index is 1.54. The Kier molecular flexibility index (Phi) is 6.77. The zero-order valence-corrected chi connectivity index (χ0v) is 20.7. The van der Waals surface area contributed by atoms with E-state index >= 15 is 0 Å². The Morgan fingerprint density at radius 1 is 1.03 bits per heavy atom. The fraction of sp³-hybridized carbons (Fsp3) is 0.625. The van der Waals surface area contributed by atoms with Crippen LogP contribution in [0.25, 0.3) is 0 Å². The summed E-state index contributed by atoms with van der Waals surface area (Å²) in [6, 6.07) is 3.13. The molecule has 0 saturated carbocycles. The molecule has 2 aromatic rings. The van der Waals surface area contributed by atoms with E-state index in [1.54, 1.807) is 4.90 Å². The number of nitrogens with zero attached hydrogens (tertiary/aromatic N) is 5. The van der Waals surface area contributed by atoms with Crippen molar-refractivity contribution < 1.29 is 14.3 Å². The van der Waals surface area contributed by atoms with Crippen molar-refractivity contribution in [3.63, 3.8) is 0 Å². The quantitative estimate of drug-likeness (QED) is 0.695. The van der Waals surface area contributed by atoms with Crippen molar-refractivity contribution in [2.45, 2.75) is 84.4 Å². The third-order valence-corrected chi connectivity index (χ3v) is 6.11. The molecule has 0 radical (unpaired) electrons. The summed E-state index contributed by atoms with van der Waals surface area (Å²) in [5.41, 5.74) is 1.14. The minimum absolute atomic E-state index is 0.0261. The summed E-state index contributed by atoms with van der Waals surface area (Å²) in [5.74, 6) is 1.92. The van der Waals surface area contributed by atoms with Gasteiger partial charge in [-0.15, -0.1) is 0 Å². The second kappa shape index (κ2) is 9.60. The van der Waals surface area contributed by atoms with Crippen LogP contribution in [-0.4, -0.2) is 66.7 Å². The van der Waals surface area contributed by atoms with Crippen LogP contribution in [0, 0.1) is 13.8 Å². The summed E-state index contributed by atoms with van der Waals surface area (Å²) in [4.78, 5) is 39.2. The zero-order chi connectivity index (χ0) is 24.5. The molecular formula is C24H35N7O3. The van der Waals surface area contributed by atoms with Crippen LogP contribution < -0.4 is 5.32 Å². The number of aromatic amines is 1. The van der Waals surface area contributed by atoms with E-state index in [0.717, 1.165) is 37.1 Å². The number of nitrogens with one attached hydrogen (secondary N) is 2. The fourth-order valence-electron chi connectivity index (χ4n) is 4.70. The molecule has 0 bridgehead atoms. The molecule has 2 N–H and O–H groups in total. The normalized spacial score (nSPS) is 21.0. The highest BCUT2D eigenvalue weighted by Gasteiger charge is 2.41. The van der Waals surface area contributed by atoms with Crippen molar-refractivity contribution in [3.8, 4) is 0 Å². The standard InChI is InChI=1S/C24H35N7O3/c1-15-13-21(29-28-15)27-20-14-17(25-16(2)26-20)18-10-8-12-30(18)22(32)19-9-6-7-11-31(19)23(33)34-24(3,4)5/h13-14,18-19H,6-12H2,1-5H3,(H2,25,26,27,28,29). The summed E-state index contributed by atoms with van der Waals surface area (Å²) in [5, 5.41) is 10.3. The summed E-state index contributed by atoms with van der Waals surface area (Å²) in [6.07, 6.45) is 3.73. The summed E-state index contributed by atoms with van der Waals surface area (Å²) in [6.45, 7) is 10.5. The first-order valence-electron chi connectivity index (χ1n) is 12.1. The van der Waals surface area contributed by atoms with E-state index < -0.39 is 17.7 Å². The molecule has 2 atom stereocenters. The topological polar surface area (TPSA) is 116 Å². The predicted octanol–water partition coefficient (Wildman–Crippen LogP) is 4.01. The highest BCUT2D eigenvalue weighted by Crippen LogP contribution is 2.34. The van der Waals surface area contributed by atoms with Gasteiger partial charge in [0.25, 0.3) is 0 Å². The van der Waals surface area contributed by atoms with Crippen molar-refractivity contribution in [3.05, 3.63) is 29.3 Å². The van der Waals surface area contributed by atoms with Crippen molar-refractivity contribution in [1.29, 1.82) is 0 Å². The van der Waals surface area contributed by atoms with Crippen LogP contribution in [-0.2, 0) is 9.53 Å². The highest BCUT2D eigenvalue weighted by atomic mass is 16.6. The molecule has 10 nitrogen and oxygen atoms in total. The van der Waals surface area contributed by atoms with Crippen LogP contribution >= 0.6 is 0 Å². The first-order chi connectivity index (χ1) is 16.1. The number of carbonyl (C=O) groups excluding carboxylic acids is 2. The van der Waals surface area contributed by atoms with E-state index in [-0.39, 0.29) is 11.9 Å². The van der Waals surface area contributed by atoms with Crippen molar-refractivity contribution in [2.24, 2.45) is 0 Å². The minimum Gasteiger partial charge on any atom is -0.444 e. The first-order valence-corrected chi connectivity index (χ1v) is 12.1. The zero-order valence-electron chi connectivity index (χ0n) is 20.7. The van der Waals surface area contributed by atoms with Crippen LogP contribution in [0.5, 0.6) is 0 Å². The molecule has 2 unspecified atom stereocenters. The molecule has 2 aliphatic rings. The molecule has 0 aliphatic carbocycles. The molecular weight excluding hydrogens is 434 g/mol. The third-order valence-electron chi connectivity index (χ3n) is 6.11. The maximum Gasteiger partial charge on any atom is 0.410 e. The molecule has 0 aromatic carbocycles. The molecule has 34 heavy (non-hydrogen) atoms. The van der Waals surface area contributed by atoms with Gasteiger partial charge in [0, 0.05) is 30.9 Å². The van der Waals surface area contributed by atoms with Gasteiger partial charge < -0.3 is 15.0 Å². The third kappa shape index (κ3) is 5.48. The number of aryl methyl sites for hydroxylation is 2. The molecule has 2 aliphatic heterocycles. The van der Waals surface area contributed by atoms with Gasteiger partial charge >= 0.3 is 6.09 Å². The van der Waals surface area contributed by atoms with Gasteiger partial charge in [-0.25, -0.2) is 14.8 Å². The maximum atomic E-state index is 13.7. The van der Waals surface area contributed by atoms with Gasteiger partial charge in [0.15, 0.2) is 5.82 Å². The Morgan fingerprint density at radius 2 is 1.79 bits per heavy atom. The van der Waals surface area contributed by atoms with E-state index in [1.807, 2.05) is 51.7 Å². The predicted molar refractivity (Wildman–Crippen MR) is 128 cm³/mol. The molecule has 2 saturated heterocycles. The SMILES string of the molecule is Cc1nc(Nc2cc(C)[nH]n2)cc(C2CCCN2C(=O)C2CCCCN2C(=O)OC(C)(C)C)n1. The average molecular weight is 470 g/mol. The lowest BCUT2D eigenvalue weighted by Gasteiger charge is -2.38. The molecule has 4 rings (SSSR count). The van der Waals surface area contributed by atoms with Crippen molar-refractivity contribution >= 4 is 23.6 Å². The van der Waals surface area contributed by atoms with Gasteiger partial charge in [-0.3, -0.25) is 14.8 Å². The number of likely N-dealkylation sites (tertiary alicyclic amines) is 2. The van der Waals surface area contributed by atoms with Crippen LogP contribution in [0.4, 0.5) is 16.4 Å². The summed E-state index contributed by atoms with van der Waals surface area (Å²) in [7, 11) is 0. The lowest BCUT2D eigenvalue weighted by Crippen LogP contribution is -2.54. The van der Waals surface area contributed by atoms with Crippen molar-refractivity contribution in [2.75, 3.05) is 18.4 Å². The monoisotopic (exact) mass is 469 g/mol. The van der Waals surface area contributed by atoms with Gasteiger partial charge in [0.2, 0.25) is 5.91 Å². The number of anilines is 2. The van der Waals surface area contributed by atoms with Gasteiger partial charge in [-0.2, -0.15) is 5.10 Å². The molecule has 10 heteroatoms. The van der Waals surface area contributed by atoms with E-state index in [0.29, 0.717) is 37.0 Å². The Hall–Kier alpha value is -3.17. The second-order valence-corrected chi connectivity index (χ2v) is 10.2. The van der Waals surface area contributed by atoms with E-state index in [1.165, 1.54) is 0 Å². The molecule has 2 fully saturated rings. The molecule has 2 aromatic heterocycles. The summed E-state index contributed by atoms with van der Waals surface area (Å²) < 4.78 is 5.60. The Morgan fingerprint density at radius 3 is 2.50 bits per heavy atom. The number of ether oxygens (including phenoxy) is 1. The van der Waals surface area contributed by atoms with Crippen LogP contribution in [0.15, 0.2) is 12.1 Å². The van der Waals surface area contributed by atoms with Gasteiger partial charge in [0.05, 0.1) is 11.7 Å². The lowest BCUT2D eigenvalue weighted by atomic mass is 10.0. The summed E-state index contributed by atoms with van der Waals surface area (Å²) >= 11 is 0. The number of aromatic nitrogens is 4. The average Bonchev–Trinajstić information content (AvgIpc) is 3.41. The van der Waals surface area contributed by atoms with Crippen LogP contribution in [0.2, 0.25) is 0 Å². The molecule has 0 spiro atoms. The molecule has 2 amide bonds. The molecule has 184 valence electrons.